The second kappa shape index (κ2) is 8.00. The van der Waals surface area contributed by atoms with Crippen LogP contribution in [0.5, 0.6) is 0 Å². The van der Waals surface area contributed by atoms with Gasteiger partial charge in [-0.2, -0.15) is 12.6 Å². The van der Waals surface area contributed by atoms with Gasteiger partial charge in [-0.25, -0.2) is 0 Å². The Bertz CT molecular complexity index is 650. The Hall–Kier alpha value is -1.79. The lowest BCUT2D eigenvalue weighted by atomic mass is 10.1. The van der Waals surface area contributed by atoms with Gasteiger partial charge in [-0.3, -0.25) is 9.59 Å². The van der Waals surface area contributed by atoms with Crippen LogP contribution in [-0.2, 0) is 6.42 Å². The summed E-state index contributed by atoms with van der Waals surface area (Å²) < 4.78 is 0. The third kappa shape index (κ3) is 4.11. The van der Waals surface area contributed by atoms with Gasteiger partial charge in [0, 0.05) is 17.9 Å². The summed E-state index contributed by atoms with van der Waals surface area (Å²) in [4.78, 5) is 24.2. The third-order valence-corrected chi connectivity index (χ3v) is 4.21. The molecule has 2 aromatic rings. The molecule has 0 saturated carbocycles. The van der Waals surface area contributed by atoms with Crippen LogP contribution >= 0.6 is 24.0 Å². The zero-order chi connectivity index (χ0) is 15.9. The Morgan fingerprint density at radius 2 is 1.86 bits per heavy atom. The number of nitrogens with one attached hydrogen (secondary N) is 2. The van der Waals surface area contributed by atoms with Crippen LogP contribution in [0.2, 0.25) is 0 Å². The van der Waals surface area contributed by atoms with Crippen molar-refractivity contribution in [3.63, 3.8) is 0 Å². The molecule has 1 aromatic carbocycles. The van der Waals surface area contributed by atoms with Crippen molar-refractivity contribution in [1.82, 2.24) is 5.32 Å². The molecule has 0 aliphatic rings. The van der Waals surface area contributed by atoms with E-state index in [2.05, 4.69) is 30.2 Å². The number of thiol groups is 1. The van der Waals surface area contributed by atoms with Gasteiger partial charge >= 0.3 is 0 Å². The van der Waals surface area contributed by atoms with E-state index in [0.29, 0.717) is 28.4 Å². The van der Waals surface area contributed by atoms with E-state index in [9.17, 15) is 9.59 Å². The highest BCUT2D eigenvalue weighted by Gasteiger charge is 2.15. The van der Waals surface area contributed by atoms with Gasteiger partial charge in [0.15, 0.2) is 0 Å². The van der Waals surface area contributed by atoms with Crippen molar-refractivity contribution in [2.24, 2.45) is 0 Å². The molecule has 2 rings (SSSR count). The number of amides is 2. The van der Waals surface area contributed by atoms with E-state index in [4.69, 9.17) is 0 Å². The molecule has 0 bridgehead atoms. The molecule has 0 aliphatic carbocycles. The maximum atomic E-state index is 12.3. The fourth-order valence-corrected chi connectivity index (χ4v) is 2.81. The maximum Gasteiger partial charge on any atom is 0.256 e. The highest BCUT2D eigenvalue weighted by Crippen LogP contribution is 2.24. The molecule has 116 valence electrons. The number of thiophene rings is 1. The first-order valence-electron chi connectivity index (χ1n) is 7.02. The standard InChI is InChI=1S/C16H18N2O2S2/c1-2-11-3-5-12(6-4-11)14(19)18-16-13(7-10-22-16)15(20)17-8-9-21/h3-7,10,21H,2,8-9H2,1H3,(H,17,20)(H,18,19). The smallest absolute Gasteiger partial charge is 0.256 e. The van der Waals surface area contributed by atoms with Crippen molar-refractivity contribution in [1.29, 1.82) is 0 Å². The SMILES string of the molecule is CCc1ccc(C(=O)Nc2sccc2C(=O)NCCS)cc1. The van der Waals surface area contributed by atoms with Crippen molar-refractivity contribution in [3.05, 3.63) is 52.4 Å². The quantitative estimate of drug-likeness (QED) is 0.711. The maximum absolute atomic E-state index is 12.3. The van der Waals surface area contributed by atoms with Crippen LogP contribution in [0.25, 0.3) is 0 Å². The van der Waals surface area contributed by atoms with Gasteiger partial charge in [0.1, 0.15) is 5.00 Å². The van der Waals surface area contributed by atoms with Crippen molar-refractivity contribution < 1.29 is 9.59 Å². The Labute approximate surface area is 139 Å². The van der Waals surface area contributed by atoms with Gasteiger partial charge in [-0.1, -0.05) is 19.1 Å². The molecule has 22 heavy (non-hydrogen) atoms. The summed E-state index contributed by atoms with van der Waals surface area (Å²) in [6.45, 7) is 2.56. The molecule has 2 amide bonds. The van der Waals surface area contributed by atoms with Crippen molar-refractivity contribution in [3.8, 4) is 0 Å². The third-order valence-electron chi connectivity index (χ3n) is 3.16. The van der Waals surface area contributed by atoms with E-state index in [1.165, 1.54) is 16.9 Å². The topological polar surface area (TPSA) is 58.2 Å². The molecular weight excluding hydrogens is 316 g/mol. The predicted molar refractivity (Wildman–Crippen MR) is 94.3 cm³/mol. The Morgan fingerprint density at radius 1 is 1.14 bits per heavy atom. The lowest BCUT2D eigenvalue weighted by molar-refractivity contribution is 0.0957. The van der Waals surface area contributed by atoms with Gasteiger partial charge < -0.3 is 10.6 Å². The van der Waals surface area contributed by atoms with E-state index in [-0.39, 0.29) is 11.8 Å². The molecular formula is C16H18N2O2S2. The van der Waals surface area contributed by atoms with E-state index in [0.717, 1.165) is 6.42 Å². The number of anilines is 1. The first-order chi connectivity index (χ1) is 10.7. The lowest BCUT2D eigenvalue weighted by Gasteiger charge is -2.07. The zero-order valence-electron chi connectivity index (χ0n) is 12.3. The number of hydrogen-bond acceptors (Lipinski definition) is 4. The van der Waals surface area contributed by atoms with Crippen LogP contribution in [0.3, 0.4) is 0 Å². The van der Waals surface area contributed by atoms with Crippen LogP contribution in [0.15, 0.2) is 35.7 Å². The Kier molecular flexibility index (Phi) is 6.03. The highest BCUT2D eigenvalue weighted by atomic mass is 32.1. The second-order valence-corrected chi connectivity index (χ2v) is 6.01. The summed E-state index contributed by atoms with van der Waals surface area (Å²) in [7, 11) is 0. The summed E-state index contributed by atoms with van der Waals surface area (Å²) in [6.07, 6.45) is 0.933. The van der Waals surface area contributed by atoms with E-state index >= 15 is 0 Å². The molecule has 2 N–H and O–H groups in total. The van der Waals surface area contributed by atoms with Crippen LogP contribution in [0, 0.1) is 0 Å². The van der Waals surface area contributed by atoms with Crippen molar-refractivity contribution in [2.45, 2.75) is 13.3 Å². The summed E-state index contributed by atoms with van der Waals surface area (Å²) in [5.74, 6) is 0.154. The van der Waals surface area contributed by atoms with Gasteiger partial charge in [0.2, 0.25) is 0 Å². The molecule has 0 spiro atoms. The number of aryl methyl sites for hydroxylation is 1. The van der Waals surface area contributed by atoms with E-state index in [1.807, 2.05) is 12.1 Å². The van der Waals surface area contributed by atoms with Gasteiger partial charge in [-0.05, 0) is 35.6 Å². The minimum Gasteiger partial charge on any atom is -0.351 e. The number of hydrogen-bond donors (Lipinski definition) is 3. The molecule has 0 saturated heterocycles. The largest absolute Gasteiger partial charge is 0.351 e. The minimum atomic E-state index is -0.214. The predicted octanol–water partition coefficient (Wildman–Crippen LogP) is 3.22. The van der Waals surface area contributed by atoms with Crippen LogP contribution in [0.1, 0.15) is 33.2 Å². The first-order valence-corrected chi connectivity index (χ1v) is 8.53. The number of carbonyl (C=O) groups is 2. The van der Waals surface area contributed by atoms with Crippen molar-refractivity contribution >= 4 is 40.8 Å². The molecule has 1 aromatic heterocycles. The van der Waals surface area contributed by atoms with Crippen LogP contribution in [-0.4, -0.2) is 24.1 Å². The first kappa shape index (κ1) is 16.6. The number of benzene rings is 1. The molecule has 4 nitrogen and oxygen atoms in total. The molecule has 0 unspecified atom stereocenters. The zero-order valence-corrected chi connectivity index (χ0v) is 14.0. The summed E-state index contributed by atoms with van der Waals surface area (Å²) in [5, 5.41) is 7.88. The number of rotatable bonds is 6. The average molecular weight is 334 g/mol. The van der Waals surface area contributed by atoms with E-state index in [1.54, 1.807) is 23.6 Å². The summed E-state index contributed by atoms with van der Waals surface area (Å²) in [6, 6.07) is 9.16. The monoisotopic (exact) mass is 334 g/mol. The highest BCUT2D eigenvalue weighted by molar-refractivity contribution is 7.80. The molecule has 0 fully saturated rings. The fraction of sp³-hybridized carbons (Fsp3) is 0.250. The van der Waals surface area contributed by atoms with Gasteiger partial charge in [0.05, 0.1) is 5.56 Å². The molecule has 0 radical (unpaired) electrons. The van der Waals surface area contributed by atoms with Crippen molar-refractivity contribution in [2.75, 3.05) is 17.6 Å². The molecule has 0 aliphatic heterocycles. The molecule has 1 heterocycles. The lowest BCUT2D eigenvalue weighted by Crippen LogP contribution is -2.26. The Balaban J connectivity index is 2.08. The molecule has 6 heteroatoms. The number of carbonyl (C=O) groups excluding carboxylic acids is 2. The minimum absolute atomic E-state index is 0.202. The Morgan fingerprint density at radius 3 is 2.50 bits per heavy atom. The van der Waals surface area contributed by atoms with Crippen LogP contribution in [0.4, 0.5) is 5.00 Å². The van der Waals surface area contributed by atoms with Gasteiger partial charge in [-0.15, -0.1) is 11.3 Å². The van der Waals surface area contributed by atoms with E-state index < -0.39 is 0 Å². The van der Waals surface area contributed by atoms with Gasteiger partial charge in [0.25, 0.3) is 11.8 Å². The molecule has 0 atom stereocenters. The average Bonchev–Trinajstić information content (AvgIpc) is 3.00. The summed E-state index contributed by atoms with van der Waals surface area (Å²) >= 11 is 5.39. The fourth-order valence-electron chi connectivity index (χ4n) is 1.92. The summed E-state index contributed by atoms with van der Waals surface area (Å²) in [5.41, 5.74) is 2.23. The van der Waals surface area contributed by atoms with Crippen LogP contribution < -0.4 is 10.6 Å². The second-order valence-electron chi connectivity index (χ2n) is 4.65. The normalized spacial score (nSPS) is 10.3.